The van der Waals surface area contributed by atoms with E-state index in [1.54, 1.807) is 0 Å². The second kappa shape index (κ2) is 9.38. The number of likely N-dealkylation sites (N-methyl/N-ethyl adjacent to an activating group) is 1. The zero-order valence-electron chi connectivity index (χ0n) is 16.1. The number of esters is 1. The summed E-state index contributed by atoms with van der Waals surface area (Å²) in [5.74, 6) is -0.426. The number of rotatable bonds is 8. The van der Waals surface area contributed by atoms with Crippen LogP contribution in [-0.2, 0) is 9.53 Å². The van der Waals surface area contributed by atoms with Crippen LogP contribution < -0.4 is 10.6 Å². The second-order valence-corrected chi connectivity index (χ2v) is 6.55. The van der Waals surface area contributed by atoms with Crippen molar-refractivity contribution in [3.63, 3.8) is 0 Å². The second-order valence-electron chi connectivity index (χ2n) is 6.55. The SMILES string of the molecule is CCCCN(CC)CC1=C(C(=O)OC)[C@@H](c2ccc(C)cc2)NC(=O)N1. The Balaban J connectivity index is 2.41. The number of unbranched alkanes of at least 4 members (excludes halogenated alkanes) is 1. The molecular weight excluding hydrogens is 330 g/mol. The lowest BCUT2D eigenvalue weighted by Gasteiger charge is -2.31. The fraction of sp³-hybridized carbons (Fsp3) is 0.500. The molecular formula is C20H29N3O3. The number of hydrogen-bond acceptors (Lipinski definition) is 4. The standard InChI is InChI=1S/C20H29N3O3/c1-5-7-12-23(6-2)13-16-17(19(24)26-4)18(22-20(25)21-16)15-10-8-14(3)9-11-15/h8-11,18H,5-7,12-13H2,1-4H3,(H2,21,22,25)/t18-/m1/s1. The minimum absolute atomic E-state index is 0.301. The summed E-state index contributed by atoms with van der Waals surface area (Å²) in [7, 11) is 1.37. The summed E-state index contributed by atoms with van der Waals surface area (Å²) in [6.07, 6.45) is 2.17. The third kappa shape index (κ3) is 4.85. The molecule has 0 aromatic heterocycles. The monoisotopic (exact) mass is 359 g/mol. The molecule has 0 saturated heterocycles. The summed E-state index contributed by atoms with van der Waals surface area (Å²) in [6, 6.07) is 6.98. The molecule has 1 aliphatic heterocycles. The van der Waals surface area contributed by atoms with Crippen molar-refractivity contribution < 1.29 is 14.3 Å². The Morgan fingerprint density at radius 1 is 1.23 bits per heavy atom. The summed E-state index contributed by atoms with van der Waals surface area (Å²) in [5.41, 5.74) is 3.06. The molecule has 0 fully saturated rings. The van der Waals surface area contributed by atoms with Gasteiger partial charge in [-0.3, -0.25) is 4.90 Å². The minimum Gasteiger partial charge on any atom is -0.466 e. The molecule has 2 amide bonds. The molecule has 6 heteroatoms. The largest absolute Gasteiger partial charge is 0.466 e. The van der Waals surface area contributed by atoms with Gasteiger partial charge in [-0.05, 0) is 32.0 Å². The zero-order chi connectivity index (χ0) is 19.1. The lowest BCUT2D eigenvalue weighted by molar-refractivity contribution is -0.136. The van der Waals surface area contributed by atoms with Crippen LogP contribution in [0.4, 0.5) is 4.79 Å². The number of aryl methyl sites for hydroxylation is 1. The Kier molecular flexibility index (Phi) is 7.21. The van der Waals surface area contributed by atoms with Crippen molar-refractivity contribution >= 4 is 12.0 Å². The number of carbonyl (C=O) groups is 2. The zero-order valence-corrected chi connectivity index (χ0v) is 16.1. The van der Waals surface area contributed by atoms with Gasteiger partial charge in [-0.15, -0.1) is 0 Å². The smallest absolute Gasteiger partial charge is 0.338 e. The first-order valence-corrected chi connectivity index (χ1v) is 9.17. The Bertz CT molecular complexity index is 667. The highest BCUT2D eigenvalue weighted by Gasteiger charge is 2.33. The third-order valence-corrected chi connectivity index (χ3v) is 4.63. The Hall–Kier alpha value is -2.34. The topological polar surface area (TPSA) is 70.7 Å². The molecule has 1 atom stereocenters. The molecule has 26 heavy (non-hydrogen) atoms. The van der Waals surface area contributed by atoms with Gasteiger partial charge in [0, 0.05) is 12.2 Å². The summed E-state index contributed by atoms with van der Waals surface area (Å²) in [5, 5.41) is 5.68. The van der Waals surface area contributed by atoms with Crippen molar-refractivity contribution in [2.75, 3.05) is 26.7 Å². The van der Waals surface area contributed by atoms with E-state index < -0.39 is 12.0 Å². The predicted molar refractivity (Wildman–Crippen MR) is 102 cm³/mol. The van der Waals surface area contributed by atoms with E-state index in [1.807, 2.05) is 31.2 Å². The van der Waals surface area contributed by atoms with Gasteiger partial charge in [-0.1, -0.05) is 50.1 Å². The van der Waals surface area contributed by atoms with Crippen molar-refractivity contribution in [1.29, 1.82) is 0 Å². The lowest BCUT2D eigenvalue weighted by atomic mass is 9.94. The van der Waals surface area contributed by atoms with E-state index in [4.69, 9.17) is 4.74 Å². The van der Waals surface area contributed by atoms with Gasteiger partial charge in [0.2, 0.25) is 0 Å². The van der Waals surface area contributed by atoms with E-state index in [0.29, 0.717) is 17.8 Å². The van der Waals surface area contributed by atoms with Crippen LogP contribution >= 0.6 is 0 Å². The highest BCUT2D eigenvalue weighted by atomic mass is 16.5. The van der Waals surface area contributed by atoms with Crippen LogP contribution in [0.5, 0.6) is 0 Å². The lowest BCUT2D eigenvalue weighted by Crippen LogP contribution is -2.48. The number of benzene rings is 1. The first kappa shape index (κ1) is 20.0. The number of hydrogen-bond donors (Lipinski definition) is 2. The van der Waals surface area contributed by atoms with Crippen LogP contribution in [0.1, 0.15) is 43.9 Å². The number of nitrogens with zero attached hydrogens (tertiary/aromatic N) is 1. The summed E-state index contributed by atoms with van der Waals surface area (Å²) in [4.78, 5) is 27.0. The van der Waals surface area contributed by atoms with Crippen LogP contribution in [0.15, 0.2) is 35.5 Å². The van der Waals surface area contributed by atoms with Gasteiger partial charge in [0.05, 0.1) is 18.7 Å². The highest BCUT2D eigenvalue weighted by Crippen LogP contribution is 2.28. The Morgan fingerprint density at radius 2 is 1.92 bits per heavy atom. The summed E-state index contributed by atoms with van der Waals surface area (Å²) < 4.78 is 5.02. The maximum Gasteiger partial charge on any atom is 0.338 e. The molecule has 1 aromatic carbocycles. The van der Waals surface area contributed by atoms with E-state index >= 15 is 0 Å². The maximum atomic E-state index is 12.5. The number of nitrogens with one attached hydrogen (secondary N) is 2. The molecule has 2 N–H and O–H groups in total. The Labute approximate surface area is 155 Å². The van der Waals surface area contributed by atoms with Crippen LogP contribution in [0.3, 0.4) is 0 Å². The molecule has 0 aliphatic carbocycles. The van der Waals surface area contributed by atoms with Gasteiger partial charge in [0.15, 0.2) is 0 Å². The predicted octanol–water partition coefficient (Wildman–Crippen LogP) is 2.90. The molecule has 0 unspecified atom stereocenters. The van der Waals surface area contributed by atoms with E-state index in [0.717, 1.165) is 37.1 Å². The van der Waals surface area contributed by atoms with E-state index in [-0.39, 0.29) is 6.03 Å². The molecule has 142 valence electrons. The fourth-order valence-electron chi connectivity index (χ4n) is 3.06. The van der Waals surface area contributed by atoms with Gasteiger partial charge in [0.1, 0.15) is 0 Å². The maximum absolute atomic E-state index is 12.5. The summed E-state index contributed by atoms with van der Waals surface area (Å²) >= 11 is 0. The first-order chi connectivity index (χ1) is 12.5. The van der Waals surface area contributed by atoms with Crippen molar-refractivity contribution in [1.82, 2.24) is 15.5 Å². The number of amides is 2. The summed E-state index contributed by atoms with van der Waals surface area (Å²) in [6.45, 7) is 8.50. The molecule has 0 bridgehead atoms. The minimum atomic E-state index is -0.517. The van der Waals surface area contributed by atoms with Crippen LogP contribution in [0, 0.1) is 6.92 Å². The number of ether oxygens (including phenoxy) is 1. The number of urea groups is 1. The van der Waals surface area contributed by atoms with Crippen molar-refractivity contribution in [3.8, 4) is 0 Å². The van der Waals surface area contributed by atoms with E-state index in [9.17, 15) is 9.59 Å². The van der Waals surface area contributed by atoms with E-state index in [1.165, 1.54) is 7.11 Å². The third-order valence-electron chi connectivity index (χ3n) is 4.63. The molecule has 1 heterocycles. The van der Waals surface area contributed by atoms with Crippen molar-refractivity contribution in [2.45, 2.75) is 39.7 Å². The van der Waals surface area contributed by atoms with Crippen molar-refractivity contribution in [3.05, 3.63) is 46.7 Å². The highest BCUT2D eigenvalue weighted by molar-refractivity contribution is 5.95. The average molecular weight is 359 g/mol. The van der Waals surface area contributed by atoms with Crippen molar-refractivity contribution in [2.24, 2.45) is 0 Å². The molecule has 6 nitrogen and oxygen atoms in total. The first-order valence-electron chi connectivity index (χ1n) is 9.17. The van der Waals surface area contributed by atoms with E-state index in [2.05, 4.69) is 29.4 Å². The van der Waals surface area contributed by atoms with Gasteiger partial charge >= 0.3 is 12.0 Å². The molecule has 0 saturated carbocycles. The molecule has 0 spiro atoms. The van der Waals surface area contributed by atoms with Crippen LogP contribution in [0.25, 0.3) is 0 Å². The molecule has 0 radical (unpaired) electrons. The molecule has 2 rings (SSSR count). The molecule has 1 aliphatic rings. The van der Waals surface area contributed by atoms with Crippen LogP contribution in [-0.4, -0.2) is 43.6 Å². The number of methoxy groups -OCH3 is 1. The molecule has 1 aromatic rings. The van der Waals surface area contributed by atoms with Crippen LogP contribution in [0.2, 0.25) is 0 Å². The number of carbonyl (C=O) groups excluding carboxylic acids is 2. The van der Waals surface area contributed by atoms with Gasteiger partial charge in [-0.2, -0.15) is 0 Å². The fourth-order valence-corrected chi connectivity index (χ4v) is 3.06. The van der Waals surface area contributed by atoms with Gasteiger partial charge in [0.25, 0.3) is 0 Å². The van der Waals surface area contributed by atoms with Gasteiger partial charge in [-0.25, -0.2) is 9.59 Å². The van der Waals surface area contributed by atoms with Gasteiger partial charge < -0.3 is 15.4 Å². The average Bonchev–Trinajstić information content (AvgIpc) is 2.64. The Morgan fingerprint density at radius 3 is 2.50 bits per heavy atom. The normalized spacial score (nSPS) is 17.1. The quantitative estimate of drug-likeness (QED) is 0.700.